The van der Waals surface area contributed by atoms with E-state index in [1.165, 1.54) is 0 Å². The van der Waals surface area contributed by atoms with Gasteiger partial charge in [0.25, 0.3) is 5.91 Å². The number of rotatable bonds is 3. The molecule has 100 valence electrons. The van der Waals surface area contributed by atoms with Gasteiger partial charge in [0.15, 0.2) is 0 Å². The van der Waals surface area contributed by atoms with Gasteiger partial charge >= 0.3 is 0 Å². The molecule has 1 unspecified atom stereocenters. The van der Waals surface area contributed by atoms with E-state index in [9.17, 15) is 4.79 Å². The van der Waals surface area contributed by atoms with Gasteiger partial charge in [-0.3, -0.25) is 15.1 Å². The minimum atomic E-state index is -0.102. The lowest BCUT2D eigenvalue weighted by Crippen LogP contribution is -2.52. The van der Waals surface area contributed by atoms with E-state index in [4.69, 9.17) is 5.84 Å². The van der Waals surface area contributed by atoms with E-state index in [2.05, 4.69) is 38.0 Å². The van der Waals surface area contributed by atoms with Crippen molar-refractivity contribution in [2.45, 2.75) is 44.9 Å². The normalized spacial score (nSPS) is 23.2. The summed E-state index contributed by atoms with van der Waals surface area (Å²) in [4.78, 5) is 14.1. The SMILES string of the molecule is CC(C)C(C(=O)NN)N1CCSC(C)(C)CC1. The molecule has 1 saturated heterocycles. The van der Waals surface area contributed by atoms with Crippen molar-refractivity contribution >= 4 is 17.7 Å². The monoisotopic (exact) mass is 259 g/mol. The zero-order valence-electron chi connectivity index (χ0n) is 11.3. The molecule has 1 aliphatic heterocycles. The van der Waals surface area contributed by atoms with Gasteiger partial charge in [-0.2, -0.15) is 11.8 Å². The predicted octanol–water partition coefficient (Wildman–Crippen LogP) is 1.22. The van der Waals surface area contributed by atoms with Crippen molar-refractivity contribution < 1.29 is 4.79 Å². The molecular formula is C12H25N3OS. The van der Waals surface area contributed by atoms with E-state index in [1.54, 1.807) is 0 Å². The Bertz CT molecular complexity index is 268. The van der Waals surface area contributed by atoms with E-state index in [0.29, 0.717) is 4.75 Å². The Balaban J connectivity index is 2.72. The van der Waals surface area contributed by atoms with Crippen molar-refractivity contribution in [3.05, 3.63) is 0 Å². The number of nitrogens with two attached hydrogens (primary N) is 1. The summed E-state index contributed by atoms with van der Waals surface area (Å²) in [5.74, 6) is 6.57. The summed E-state index contributed by atoms with van der Waals surface area (Å²) in [5.41, 5.74) is 2.30. The van der Waals surface area contributed by atoms with Gasteiger partial charge in [0.1, 0.15) is 0 Å². The first-order valence-electron chi connectivity index (χ1n) is 6.26. The van der Waals surface area contributed by atoms with Gasteiger partial charge in [-0.05, 0) is 12.3 Å². The molecule has 1 fully saturated rings. The molecular weight excluding hydrogens is 234 g/mol. The fourth-order valence-electron chi connectivity index (χ4n) is 2.29. The summed E-state index contributed by atoms with van der Waals surface area (Å²) in [6.45, 7) is 10.6. The topological polar surface area (TPSA) is 58.4 Å². The summed E-state index contributed by atoms with van der Waals surface area (Å²) < 4.78 is 0.315. The molecule has 1 aliphatic rings. The molecule has 1 rings (SSSR count). The largest absolute Gasteiger partial charge is 0.293 e. The Labute approximate surface area is 109 Å². The Kier molecular flexibility index (Phi) is 5.28. The molecule has 1 atom stereocenters. The van der Waals surface area contributed by atoms with Crippen molar-refractivity contribution in [1.82, 2.24) is 10.3 Å². The fourth-order valence-corrected chi connectivity index (χ4v) is 3.40. The molecule has 0 aromatic rings. The second-order valence-corrected chi connectivity index (χ2v) is 7.39. The van der Waals surface area contributed by atoms with Crippen LogP contribution in [0.2, 0.25) is 0 Å². The van der Waals surface area contributed by atoms with Crippen LogP contribution in [0.25, 0.3) is 0 Å². The van der Waals surface area contributed by atoms with Crippen molar-refractivity contribution in [1.29, 1.82) is 0 Å². The van der Waals surface area contributed by atoms with Gasteiger partial charge in [-0.1, -0.05) is 27.7 Å². The molecule has 0 bridgehead atoms. The number of amides is 1. The molecule has 0 aromatic heterocycles. The van der Waals surface area contributed by atoms with E-state index in [1.807, 2.05) is 11.8 Å². The minimum absolute atomic E-state index is 0.0651. The highest BCUT2D eigenvalue weighted by molar-refractivity contribution is 8.00. The van der Waals surface area contributed by atoms with E-state index < -0.39 is 0 Å². The predicted molar refractivity (Wildman–Crippen MR) is 73.7 cm³/mol. The first-order valence-corrected chi connectivity index (χ1v) is 7.24. The van der Waals surface area contributed by atoms with Crippen LogP contribution in [0.15, 0.2) is 0 Å². The third-order valence-corrected chi connectivity index (χ3v) is 4.68. The van der Waals surface area contributed by atoms with Crippen LogP contribution in [0.5, 0.6) is 0 Å². The molecule has 5 heteroatoms. The molecule has 1 amide bonds. The lowest BCUT2D eigenvalue weighted by molar-refractivity contribution is -0.128. The van der Waals surface area contributed by atoms with Crippen LogP contribution in [-0.2, 0) is 4.79 Å². The van der Waals surface area contributed by atoms with Crippen LogP contribution >= 0.6 is 11.8 Å². The highest BCUT2D eigenvalue weighted by Crippen LogP contribution is 2.31. The third-order valence-electron chi connectivity index (χ3n) is 3.31. The van der Waals surface area contributed by atoms with E-state index >= 15 is 0 Å². The number of carbonyl (C=O) groups is 1. The lowest BCUT2D eigenvalue weighted by Gasteiger charge is -2.32. The Hall–Kier alpha value is -0.260. The van der Waals surface area contributed by atoms with Gasteiger partial charge in [0, 0.05) is 23.6 Å². The average molecular weight is 259 g/mol. The highest BCUT2D eigenvalue weighted by atomic mass is 32.2. The number of nitrogens with zero attached hydrogens (tertiary/aromatic N) is 1. The summed E-state index contributed by atoms with van der Waals surface area (Å²) in [5, 5.41) is 0. The smallest absolute Gasteiger partial charge is 0.251 e. The number of hydrazine groups is 1. The van der Waals surface area contributed by atoms with Gasteiger partial charge in [-0.25, -0.2) is 5.84 Å². The zero-order chi connectivity index (χ0) is 13.1. The first-order chi connectivity index (χ1) is 7.87. The summed E-state index contributed by atoms with van der Waals surface area (Å²) in [6, 6.07) is -0.102. The van der Waals surface area contributed by atoms with Crippen LogP contribution in [-0.4, -0.2) is 40.4 Å². The Morgan fingerprint density at radius 3 is 2.59 bits per heavy atom. The second kappa shape index (κ2) is 6.07. The van der Waals surface area contributed by atoms with Gasteiger partial charge < -0.3 is 0 Å². The quantitative estimate of drug-likeness (QED) is 0.454. The molecule has 0 aliphatic carbocycles. The van der Waals surface area contributed by atoms with E-state index in [-0.39, 0.29) is 17.9 Å². The number of carbonyl (C=O) groups excluding carboxylic acids is 1. The Morgan fingerprint density at radius 1 is 1.41 bits per heavy atom. The molecule has 3 N–H and O–H groups in total. The van der Waals surface area contributed by atoms with Gasteiger partial charge in [0.2, 0.25) is 0 Å². The molecule has 4 nitrogen and oxygen atoms in total. The van der Waals surface area contributed by atoms with Crippen molar-refractivity contribution in [3.8, 4) is 0 Å². The molecule has 17 heavy (non-hydrogen) atoms. The summed E-state index contributed by atoms with van der Waals surface area (Å²) >= 11 is 1.99. The van der Waals surface area contributed by atoms with Crippen LogP contribution in [0.1, 0.15) is 34.1 Å². The molecule has 0 spiro atoms. The molecule has 0 saturated carbocycles. The number of nitrogens with one attached hydrogen (secondary N) is 1. The summed E-state index contributed by atoms with van der Waals surface area (Å²) in [6.07, 6.45) is 1.11. The number of hydrogen-bond acceptors (Lipinski definition) is 4. The van der Waals surface area contributed by atoms with Crippen molar-refractivity contribution in [2.75, 3.05) is 18.8 Å². The Morgan fingerprint density at radius 2 is 2.06 bits per heavy atom. The fraction of sp³-hybridized carbons (Fsp3) is 0.917. The van der Waals surface area contributed by atoms with Gasteiger partial charge in [0.05, 0.1) is 6.04 Å². The highest BCUT2D eigenvalue weighted by Gasteiger charge is 2.32. The maximum atomic E-state index is 11.8. The zero-order valence-corrected chi connectivity index (χ0v) is 12.1. The standard InChI is InChI=1S/C12H25N3OS/c1-9(2)10(11(16)14-13)15-6-5-12(3,4)17-8-7-15/h9-10H,5-8,13H2,1-4H3,(H,14,16). The molecule has 0 radical (unpaired) electrons. The van der Waals surface area contributed by atoms with Gasteiger partial charge in [-0.15, -0.1) is 0 Å². The number of thioether (sulfide) groups is 1. The maximum Gasteiger partial charge on any atom is 0.251 e. The number of hydrogen-bond donors (Lipinski definition) is 2. The van der Waals surface area contributed by atoms with Crippen LogP contribution in [0.3, 0.4) is 0 Å². The minimum Gasteiger partial charge on any atom is -0.293 e. The van der Waals surface area contributed by atoms with E-state index in [0.717, 1.165) is 25.3 Å². The van der Waals surface area contributed by atoms with Crippen LogP contribution in [0.4, 0.5) is 0 Å². The molecule has 0 aromatic carbocycles. The van der Waals surface area contributed by atoms with Crippen molar-refractivity contribution in [3.63, 3.8) is 0 Å². The van der Waals surface area contributed by atoms with Crippen molar-refractivity contribution in [2.24, 2.45) is 11.8 Å². The molecule has 1 heterocycles. The lowest BCUT2D eigenvalue weighted by atomic mass is 10.0. The summed E-state index contributed by atoms with van der Waals surface area (Å²) in [7, 11) is 0. The second-order valence-electron chi connectivity index (χ2n) is 5.59. The average Bonchev–Trinajstić information content (AvgIpc) is 2.40. The van der Waals surface area contributed by atoms with Crippen LogP contribution < -0.4 is 11.3 Å². The first kappa shape index (κ1) is 14.8. The maximum absolute atomic E-state index is 11.8. The van der Waals surface area contributed by atoms with Crippen LogP contribution in [0, 0.1) is 5.92 Å². The third kappa shape index (κ3) is 4.16.